The molecular weight excluding hydrogens is 252 g/mol. The summed E-state index contributed by atoms with van der Waals surface area (Å²) in [7, 11) is 0. The van der Waals surface area contributed by atoms with Crippen molar-refractivity contribution in [2.75, 3.05) is 19.6 Å². The standard InChI is InChI=1S/C16H28N2O2/c1-11(2)13(12(3)4)9-17-10-15(19)18-8-6-5-7-14(18)16(17)20/h11-14H,5-10H2,1-4H3. The monoisotopic (exact) mass is 280 g/mol. The first kappa shape index (κ1) is 15.3. The molecule has 20 heavy (non-hydrogen) atoms. The first-order chi connectivity index (χ1) is 9.41. The molecule has 1 atom stereocenters. The molecule has 2 rings (SSSR count). The number of carbonyl (C=O) groups is 2. The summed E-state index contributed by atoms with van der Waals surface area (Å²) in [6, 6.07) is -0.176. The molecule has 1 unspecified atom stereocenters. The Morgan fingerprint density at radius 2 is 1.75 bits per heavy atom. The summed E-state index contributed by atoms with van der Waals surface area (Å²) >= 11 is 0. The molecule has 0 saturated carbocycles. The van der Waals surface area contributed by atoms with Crippen LogP contribution in [0.3, 0.4) is 0 Å². The molecule has 0 aromatic rings. The second-order valence-electron chi connectivity index (χ2n) is 6.97. The number of fused-ring (bicyclic) bond motifs is 1. The molecule has 2 fully saturated rings. The predicted octanol–water partition coefficient (Wildman–Crippen LogP) is 2.14. The van der Waals surface area contributed by atoms with Gasteiger partial charge < -0.3 is 9.80 Å². The molecular formula is C16H28N2O2. The van der Waals surface area contributed by atoms with E-state index < -0.39 is 0 Å². The molecule has 0 aliphatic carbocycles. The molecule has 4 nitrogen and oxygen atoms in total. The van der Waals surface area contributed by atoms with Crippen LogP contribution in [0.2, 0.25) is 0 Å². The van der Waals surface area contributed by atoms with Gasteiger partial charge in [-0.2, -0.15) is 0 Å². The Kier molecular flexibility index (Phi) is 4.71. The molecule has 0 N–H and O–H groups in total. The van der Waals surface area contributed by atoms with E-state index in [1.54, 1.807) is 0 Å². The van der Waals surface area contributed by atoms with E-state index in [1.807, 2.05) is 9.80 Å². The van der Waals surface area contributed by atoms with Crippen LogP contribution in [-0.4, -0.2) is 47.3 Å². The summed E-state index contributed by atoms with van der Waals surface area (Å²) in [5, 5.41) is 0. The van der Waals surface area contributed by atoms with Crippen LogP contribution in [0.25, 0.3) is 0 Å². The summed E-state index contributed by atoms with van der Waals surface area (Å²) in [4.78, 5) is 28.5. The summed E-state index contributed by atoms with van der Waals surface area (Å²) < 4.78 is 0. The van der Waals surface area contributed by atoms with Crippen LogP contribution in [0.5, 0.6) is 0 Å². The average molecular weight is 280 g/mol. The summed E-state index contributed by atoms with van der Waals surface area (Å²) in [5.41, 5.74) is 0. The molecule has 0 spiro atoms. The van der Waals surface area contributed by atoms with Crippen LogP contribution < -0.4 is 0 Å². The minimum Gasteiger partial charge on any atom is -0.331 e. The van der Waals surface area contributed by atoms with E-state index in [0.29, 0.717) is 17.8 Å². The van der Waals surface area contributed by atoms with Gasteiger partial charge in [-0.15, -0.1) is 0 Å². The van der Waals surface area contributed by atoms with E-state index >= 15 is 0 Å². The van der Waals surface area contributed by atoms with E-state index in [2.05, 4.69) is 27.7 Å². The van der Waals surface area contributed by atoms with Gasteiger partial charge in [0.15, 0.2) is 0 Å². The molecule has 0 bridgehead atoms. The number of nitrogens with zero attached hydrogens (tertiary/aromatic N) is 2. The highest BCUT2D eigenvalue weighted by molar-refractivity contribution is 5.95. The molecule has 0 aromatic heterocycles. The lowest BCUT2D eigenvalue weighted by atomic mass is 9.84. The van der Waals surface area contributed by atoms with Gasteiger partial charge in [-0.25, -0.2) is 0 Å². The Bertz CT molecular complexity index is 371. The molecule has 2 saturated heterocycles. The Morgan fingerprint density at radius 1 is 1.10 bits per heavy atom. The van der Waals surface area contributed by atoms with Crippen LogP contribution in [0, 0.1) is 17.8 Å². The lowest BCUT2D eigenvalue weighted by Crippen LogP contribution is -2.62. The third-order valence-electron chi connectivity index (χ3n) is 4.89. The fourth-order valence-electron chi connectivity index (χ4n) is 3.63. The molecule has 2 amide bonds. The Labute approximate surface area is 122 Å². The number of piperidine rings is 1. The zero-order valence-electron chi connectivity index (χ0n) is 13.3. The maximum absolute atomic E-state index is 12.6. The number of hydrogen-bond donors (Lipinski definition) is 0. The van der Waals surface area contributed by atoms with Gasteiger partial charge in [0.1, 0.15) is 6.04 Å². The zero-order valence-corrected chi connectivity index (χ0v) is 13.3. The van der Waals surface area contributed by atoms with Gasteiger partial charge in [0, 0.05) is 13.1 Å². The summed E-state index contributed by atoms with van der Waals surface area (Å²) in [6.07, 6.45) is 2.94. The lowest BCUT2D eigenvalue weighted by Gasteiger charge is -2.44. The Hall–Kier alpha value is -1.06. The van der Waals surface area contributed by atoms with Crippen LogP contribution in [0.15, 0.2) is 0 Å². The van der Waals surface area contributed by atoms with E-state index in [1.165, 1.54) is 0 Å². The van der Waals surface area contributed by atoms with Crippen molar-refractivity contribution in [1.82, 2.24) is 9.80 Å². The highest BCUT2D eigenvalue weighted by Gasteiger charge is 2.41. The minimum atomic E-state index is -0.176. The van der Waals surface area contributed by atoms with Gasteiger partial charge in [-0.1, -0.05) is 27.7 Å². The van der Waals surface area contributed by atoms with E-state index in [4.69, 9.17) is 0 Å². The van der Waals surface area contributed by atoms with Crippen molar-refractivity contribution in [3.63, 3.8) is 0 Å². The fraction of sp³-hybridized carbons (Fsp3) is 0.875. The van der Waals surface area contributed by atoms with Crippen molar-refractivity contribution in [2.45, 2.75) is 53.0 Å². The maximum Gasteiger partial charge on any atom is 0.245 e. The minimum absolute atomic E-state index is 0.139. The van der Waals surface area contributed by atoms with Gasteiger partial charge in [-0.3, -0.25) is 9.59 Å². The maximum atomic E-state index is 12.6. The summed E-state index contributed by atoms with van der Waals surface area (Å²) in [6.45, 7) is 10.6. The van der Waals surface area contributed by atoms with Crippen molar-refractivity contribution in [1.29, 1.82) is 0 Å². The Morgan fingerprint density at radius 3 is 2.35 bits per heavy atom. The number of piperazine rings is 1. The van der Waals surface area contributed by atoms with Crippen molar-refractivity contribution >= 4 is 11.8 Å². The predicted molar refractivity (Wildman–Crippen MR) is 79.1 cm³/mol. The van der Waals surface area contributed by atoms with Crippen LogP contribution in [0.1, 0.15) is 47.0 Å². The van der Waals surface area contributed by atoms with Gasteiger partial charge >= 0.3 is 0 Å². The number of amides is 2. The van der Waals surface area contributed by atoms with Crippen molar-refractivity contribution in [2.24, 2.45) is 17.8 Å². The van der Waals surface area contributed by atoms with E-state index in [9.17, 15) is 9.59 Å². The van der Waals surface area contributed by atoms with Gasteiger partial charge in [0.25, 0.3) is 0 Å². The quantitative estimate of drug-likeness (QED) is 0.791. The molecule has 2 heterocycles. The van der Waals surface area contributed by atoms with Crippen molar-refractivity contribution < 1.29 is 9.59 Å². The second kappa shape index (κ2) is 6.15. The third kappa shape index (κ3) is 2.99. The fourth-order valence-corrected chi connectivity index (χ4v) is 3.63. The molecule has 0 aromatic carbocycles. The highest BCUT2D eigenvalue weighted by atomic mass is 16.2. The number of carbonyl (C=O) groups excluding carboxylic acids is 2. The van der Waals surface area contributed by atoms with Gasteiger partial charge in [0.05, 0.1) is 6.54 Å². The number of hydrogen-bond acceptors (Lipinski definition) is 2. The largest absolute Gasteiger partial charge is 0.331 e. The van der Waals surface area contributed by atoms with Gasteiger partial charge in [0.2, 0.25) is 11.8 Å². The topological polar surface area (TPSA) is 40.6 Å². The van der Waals surface area contributed by atoms with Crippen molar-refractivity contribution in [3.05, 3.63) is 0 Å². The SMILES string of the molecule is CC(C)C(CN1CC(=O)N2CCCCC2C1=O)C(C)C. The molecule has 4 heteroatoms. The second-order valence-corrected chi connectivity index (χ2v) is 6.97. The third-order valence-corrected chi connectivity index (χ3v) is 4.89. The normalized spacial score (nSPS) is 24.1. The van der Waals surface area contributed by atoms with Crippen LogP contribution in [0.4, 0.5) is 0 Å². The number of rotatable bonds is 4. The van der Waals surface area contributed by atoms with Gasteiger partial charge in [-0.05, 0) is 37.0 Å². The first-order valence-corrected chi connectivity index (χ1v) is 8.00. The van der Waals surface area contributed by atoms with Crippen molar-refractivity contribution in [3.8, 4) is 0 Å². The Balaban J connectivity index is 2.08. The van der Waals surface area contributed by atoms with Crippen LogP contribution in [-0.2, 0) is 9.59 Å². The van der Waals surface area contributed by atoms with Crippen LogP contribution >= 0.6 is 0 Å². The molecule has 0 radical (unpaired) electrons. The van der Waals surface area contributed by atoms with E-state index in [-0.39, 0.29) is 24.4 Å². The lowest BCUT2D eigenvalue weighted by molar-refractivity contribution is -0.158. The smallest absolute Gasteiger partial charge is 0.245 e. The molecule has 2 aliphatic rings. The molecule has 114 valence electrons. The van der Waals surface area contributed by atoms with E-state index in [0.717, 1.165) is 32.4 Å². The highest BCUT2D eigenvalue weighted by Crippen LogP contribution is 2.27. The first-order valence-electron chi connectivity index (χ1n) is 8.00. The molecule has 2 aliphatic heterocycles. The average Bonchev–Trinajstić information content (AvgIpc) is 2.40. The summed E-state index contributed by atoms with van der Waals surface area (Å²) in [5.74, 6) is 1.84. The zero-order chi connectivity index (χ0) is 14.9.